The molecule has 1 amide bonds. The molecule has 11 heteroatoms. The zero-order valence-corrected chi connectivity index (χ0v) is 23.0. The maximum absolute atomic E-state index is 13.8. The van der Waals surface area contributed by atoms with Gasteiger partial charge in [-0.1, -0.05) is 22.9 Å². The van der Waals surface area contributed by atoms with Gasteiger partial charge in [0.05, 0.1) is 6.20 Å². The van der Waals surface area contributed by atoms with Crippen molar-refractivity contribution in [2.45, 2.75) is 87.8 Å². The number of aromatic nitrogens is 3. The summed E-state index contributed by atoms with van der Waals surface area (Å²) in [6.07, 6.45) is 3.09. The number of nitrogens with zero attached hydrogens (tertiary/aromatic N) is 4. The predicted octanol–water partition coefficient (Wildman–Crippen LogP) is 6.54. The number of anilines is 1. The summed E-state index contributed by atoms with van der Waals surface area (Å²) in [5, 5.41) is 14.2. The molecule has 0 radical (unpaired) electrons. The first-order chi connectivity index (χ1) is 20.1. The van der Waals surface area contributed by atoms with Gasteiger partial charge in [-0.2, -0.15) is 18.2 Å². The molecule has 6 aliphatic carbocycles. The van der Waals surface area contributed by atoms with Crippen LogP contribution in [-0.2, 0) is 4.79 Å². The quantitative estimate of drug-likeness (QED) is 0.322. The van der Waals surface area contributed by atoms with E-state index in [0.717, 1.165) is 68.3 Å². The zero-order valence-electron chi connectivity index (χ0n) is 23.0. The Hall–Kier alpha value is -3.47. The SMILES string of the molecule is O=C(C1CC(O)(C(F)(F)F)C1)N(CC12CCC(c3nc(C4CC4)no3)=C(C1)C2)c1cccc(-c2cnc(C3CC3)o2)c1. The molecule has 0 unspecified atom stereocenters. The minimum Gasteiger partial charge on any atom is -0.440 e. The number of carbonyl (C=O) groups excluding carboxylic acids is 1. The van der Waals surface area contributed by atoms with Gasteiger partial charge in [-0.3, -0.25) is 4.79 Å². The summed E-state index contributed by atoms with van der Waals surface area (Å²) in [6, 6.07) is 7.37. The van der Waals surface area contributed by atoms with Crippen LogP contribution < -0.4 is 4.90 Å². The molecule has 0 saturated heterocycles. The lowest BCUT2D eigenvalue weighted by Crippen LogP contribution is -2.60. The third-order valence-corrected chi connectivity index (χ3v) is 9.85. The molecule has 9 rings (SSSR count). The highest BCUT2D eigenvalue weighted by atomic mass is 19.4. The summed E-state index contributed by atoms with van der Waals surface area (Å²) in [5.74, 6) is 2.15. The second-order valence-corrected chi connectivity index (χ2v) is 13.1. The fraction of sp³-hybridized carbons (Fsp3) is 0.548. The first-order valence-electron chi connectivity index (χ1n) is 14.8. The molecule has 8 nitrogen and oxygen atoms in total. The number of allylic oxidation sites excluding steroid dienone is 2. The van der Waals surface area contributed by atoms with Gasteiger partial charge in [0.2, 0.25) is 5.91 Å². The smallest absolute Gasteiger partial charge is 0.417 e. The zero-order chi connectivity index (χ0) is 28.9. The summed E-state index contributed by atoms with van der Waals surface area (Å²) < 4.78 is 51.8. The highest BCUT2D eigenvalue weighted by molar-refractivity contribution is 5.96. The van der Waals surface area contributed by atoms with E-state index in [-0.39, 0.29) is 11.3 Å². The van der Waals surface area contributed by atoms with Gasteiger partial charge < -0.3 is 18.9 Å². The first kappa shape index (κ1) is 26.2. The molecule has 0 atom stereocenters. The van der Waals surface area contributed by atoms with Crippen molar-refractivity contribution in [3.63, 3.8) is 0 Å². The van der Waals surface area contributed by atoms with Crippen LogP contribution in [0.15, 0.2) is 45.0 Å². The highest BCUT2D eigenvalue weighted by Gasteiger charge is 2.63. The monoisotopic (exact) mass is 580 g/mol. The molecule has 1 aromatic carbocycles. The Balaban J connectivity index is 1.06. The predicted molar refractivity (Wildman–Crippen MR) is 144 cm³/mol. The molecule has 2 bridgehead atoms. The molecule has 42 heavy (non-hydrogen) atoms. The van der Waals surface area contributed by atoms with Crippen molar-refractivity contribution in [2.24, 2.45) is 11.3 Å². The van der Waals surface area contributed by atoms with Crippen molar-refractivity contribution in [2.75, 3.05) is 11.4 Å². The van der Waals surface area contributed by atoms with Crippen molar-refractivity contribution < 1.29 is 32.0 Å². The summed E-state index contributed by atoms with van der Waals surface area (Å²) in [5.41, 5.74) is 0.714. The standard InChI is InChI=1S/C31H31F3N4O4/c32-31(33,34)30(40)13-21(14-30)28(39)38(22-3-1-2-19(10-22)24-15-35-26(41-24)18-6-7-18)16-29-9-8-23(20(11-29)12-29)27-36-25(37-42-27)17-4-5-17/h1-3,10,15,17-18,21,40H,4-9,11-14,16H2. The molecule has 4 fully saturated rings. The average molecular weight is 581 g/mol. The fourth-order valence-corrected chi connectivity index (χ4v) is 6.91. The topological polar surface area (TPSA) is 105 Å². The minimum atomic E-state index is -4.76. The average Bonchev–Trinajstić information content (AvgIpc) is 3.87. The van der Waals surface area contributed by atoms with Gasteiger partial charge in [-0.05, 0) is 81.8 Å². The summed E-state index contributed by atoms with van der Waals surface area (Å²) in [6.45, 7) is 0.383. The summed E-state index contributed by atoms with van der Waals surface area (Å²) in [4.78, 5) is 24.5. The molecule has 0 spiro atoms. The molecule has 2 aromatic heterocycles. The van der Waals surface area contributed by atoms with Crippen LogP contribution in [0.25, 0.3) is 16.9 Å². The largest absolute Gasteiger partial charge is 0.440 e. The summed E-state index contributed by atoms with van der Waals surface area (Å²) >= 11 is 0. The number of aliphatic hydroxyl groups is 1. The number of hydrogen-bond acceptors (Lipinski definition) is 7. The Labute approximate surface area is 240 Å². The van der Waals surface area contributed by atoms with E-state index in [1.807, 2.05) is 24.3 Å². The third kappa shape index (κ3) is 4.39. The van der Waals surface area contributed by atoms with Crippen LogP contribution in [0.3, 0.4) is 0 Å². The van der Waals surface area contributed by atoms with Gasteiger partial charge in [0.1, 0.15) is 0 Å². The van der Waals surface area contributed by atoms with Gasteiger partial charge in [-0.15, -0.1) is 0 Å². The number of fused-ring (bicyclic) bond motifs is 2. The molecule has 0 aliphatic heterocycles. The van der Waals surface area contributed by atoms with Crippen molar-refractivity contribution in [3.05, 3.63) is 53.6 Å². The van der Waals surface area contributed by atoms with Crippen molar-refractivity contribution >= 4 is 17.2 Å². The van der Waals surface area contributed by atoms with Gasteiger partial charge in [0, 0.05) is 41.1 Å². The lowest BCUT2D eigenvalue weighted by Gasteiger charge is -2.52. The van der Waals surface area contributed by atoms with E-state index in [1.165, 1.54) is 5.57 Å². The Kier molecular flexibility index (Phi) is 5.62. The van der Waals surface area contributed by atoms with E-state index in [1.54, 1.807) is 11.1 Å². The van der Waals surface area contributed by atoms with Crippen LogP contribution in [0.2, 0.25) is 0 Å². The van der Waals surface area contributed by atoms with Crippen molar-refractivity contribution in [1.82, 2.24) is 15.1 Å². The first-order valence-corrected chi connectivity index (χ1v) is 14.8. The molecule has 1 N–H and O–H groups in total. The highest BCUT2D eigenvalue weighted by Crippen LogP contribution is 2.58. The van der Waals surface area contributed by atoms with E-state index in [0.29, 0.717) is 41.6 Å². The van der Waals surface area contributed by atoms with Gasteiger partial charge in [-0.25, -0.2) is 4.98 Å². The Morgan fingerprint density at radius 1 is 1.12 bits per heavy atom. The minimum absolute atomic E-state index is 0.181. The van der Waals surface area contributed by atoms with E-state index < -0.39 is 30.5 Å². The number of oxazole rings is 1. The molecule has 3 aromatic rings. The van der Waals surface area contributed by atoms with E-state index in [9.17, 15) is 23.1 Å². The van der Waals surface area contributed by atoms with Crippen LogP contribution in [0.5, 0.6) is 0 Å². The third-order valence-electron chi connectivity index (χ3n) is 9.85. The maximum atomic E-state index is 13.8. The lowest BCUT2D eigenvalue weighted by molar-refractivity contribution is -0.295. The second-order valence-electron chi connectivity index (χ2n) is 13.1. The fourth-order valence-electron chi connectivity index (χ4n) is 6.91. The van der Waals surface area contributed by atoms with Gasteiger partial charge >= 0.3 is 6.18 Å². The number of amides is 1. The molecule has 220 valence electrons. The Morgan fingerprint density at radius 2 is 1.88 bits per heavy atom. The summed E-state index contributed by atoms with van der Waals surface area (Å²) in [7, 11) is 0. The van der Waals surface area contributed by atoms with Crippen LogP contribution in [0.1, 0.15) is 93.6 Å². The van der Waals surface area contributed by atoms with E-state index in [4.69, 9.17) is 8.94 Å². The van der Waals surface area contributed by atoms with Gasteiger partial charge in [0.15, 0.2) is 23.1 Å². The Morgan fingerprint density at radius 3 is 2.55 bits per heavy atom. The number of halogens is 3. The Bertz CT molecular complexity index is 1580. The number of benzene rings is 1. The molecular formula is C31H31F3N4O4. The van der Waals surface area contributed by atoms with Crippen LogP contribution in [0, 0.1) is 11.3 Å². The molecule has 2 heterocycles. The number of rotatable bonds is 8. The van der Waals surface area contributed by atoms with E-state index in [2.05, 4.69) is 15.1 Å². The lowest BCUT2D eigenvalue weighted by atomic mass is 9.57. The van der Waals surface area contributed by atoms with Crippen molar-refractivity contribution in [1.29, 1.82) is 0 Å². The molecular weight excluding hydrogens is 549 g/mol. The maximum Gasteiger partial charge on any atom is 0.417 e. The molecule has 6 aliphatic rings. The number of alkyl halides is 3. The normalized spacial score (nSPS) is 26.5. The van der Waals surface area contributed by atoms with E-state index >= 15 is 0 Å². The van der Waals surface area contributed by atoms with Crippen LogP contribution in [0.4, 0.5) is 18.9 Å². The number of carbonyl (C=O) groups is 1. The van der Waals surface area contributed by atoms with Crippen LogP contribution >= 0.6 is 0 Å². The molecule has 4 saturated carbocycles. The van der Waals surface area contributed by atoms with Crippen molar-refractivity contribution in [3.8, 4) is 11.3 Å². The number of hydrogen-bond donors (Lipinski definition) is 1. The van der Waals surface area contributed by atoms with Crippen LogP contribution in [-0.4, -0.2) is 44.5 Å². The second kappa shape index (κ2) is 9.02. The van der Waals surface area contributed by atoms with Gasteiger partial charge in [0.25, 0.3) is 5.89 Å².